The molecule has 22 heavy (non-hydrogen) atoms. The second-order valence-electron chi connectivity index (χ2n) is 5.69. The number of hydrogen-bond acceptors (Lipinski definition) is 2. The largest absolute Gasteiger partial charge is 0.389 e. The second kappa shape index (κ2) is 7.13. The highest BCUT2D eigenvalue weighted by Gasteiger charge is 2.31. The highest BCUT2D eigenvalue weighted by atomic mass is 19.4. The van der Waals surface area contributed by atoms with Crippen LogP contribution < -0.4 is 0 Å². The number of amides is 1. The molecular weight excluding hydrogens is 295 g/mol. The van der Waals surface area contributed by atoms with E-state index >= 15 is 0 Å². The summed E-state index contributed by atoms with van der Waals surface area (Å²) in [4.78, 5) is 13.2. The van der Waals surface area contributed by atoms with Gasteiger partial charge in [-0.1, -0.05) is 30.3 Å². The van der Waals surface area contributed by atoms with Crippen LogP contribution in [0.2, 0.25) is 0 Å². The predicted octanol–water partition coefficient (Wildman–Crippen LogP) is 3.30. The SMILES string of the molecule is O=C(CCC(F)(F)F)N1CCC(C(O)c2ccccc2)CC1. The number of nitrogens with zero attached hydrogens (tertiary/aromatic N) is 1. The third-order valence-corrected chi connectivity index (χ3v) is 4.10. The van der Waals surface area contributed by atoms with Crippen LogP contribution in [0.3, 0.4) is 0 Å². The number of carbonyl (C=O) groups excluding carboxylic acids is 1. The summed E-state index contributed by atoms with van der Waals surface area (Å²) < 4.78 is 36.4. The van der Waals surface area contributed by atoms with E-state index in [1.807, 2.05) is 30.3 Å². The fraction of sp³-hybridized carbons (Fsp3) is 0.562. The van der Waals surface area contributed by atoms with Gasteiger partial charge in [-0.25, -0.2) is 0 Å². The molecule has 0 bridgehead atoms. The summed E-state index contributed by atoms with van der Waals surface area (Å²) in [5.74, 6) is -0.418. The van der Waals surface area contributed by atoms with Gasteiger partial charge in [0.05, 0.1) is 12.5 Å². The number of rotatable bonds is 4. The van der Waals surface area contributed by atoms with Crippen LogP contribution in [0.4, 0.5) is 13.2 Å². The fourth-order valence-electron chi connectivity index (χ4n) is 2.79. The molecule has 122 valence electrons. The Balaban J connectivity index is 1.81. The summed E-state index contributed by atoms with van der Waals surface area (Å²) in [5, 5.41) is 10.3. The molecule has 1 unspecified atom stereocenters. The standard InChI is InChI=1S/C16H20F3NO2/c17-16(18,19)9-6-14(21)20-10-7-13(8-11-20)15(22)12-4-2-1-3-5-12/h1-5,13,15,22H,6-11H2. The highest BCUT2D eigenvalue weighted by Crippen LogP contribution is 2.31. The average Bonchev–Trinajstić information content (AvgIpc) is 2.52. The molecule has 1 saturated heterocycles. The van der Waals surface area contributed by atoms with Crippen molar-refractivity contribution in [1.82, 2.24) is 4.90 Å². The number of hydrogen-bond donors (Lipinski definition) is 1. The number of likely N-dealkylation sites (tertiary alicyclic amines) is 1. The first-order valence-electron chi connectivity index (χ1n) is 7.44. The summed E-state index contributed by atoms with van der Waals surface area (Å²) in [6.45, 7) is 0.816. The Morgan fingerprint density at radius 2 is 1.82 bits per heavy atom. The van der Waals surface area contributed by atoms with Crippen LogP contribution in [0.25, 0.3) is 0 Å². The Morgan fingerprint density at radius 3 is 2.36 bits per heavy atom. The molecule has 1 heterocycles. The Hall–Kier alpha value is -1.56. The van der Waals surface area contributed by atoms with Crippen LogP contribution in [0, 0.1) is 5.92 Å². The molecule has 1 fully saturated rings. The Morgan fingerprint density at radius 1 is 1.23 bits per heavy atom. The summed E-state index contributed by atoms with van der Waals surface area (Å²) >= 11 is 0. The Bertz CT molecular complexity index is 482. The minimum atomic E-state index is -4.29. The number of piperidine rings is 1. The molecule has 3 nitrogen and oxygen atoms in total. The van der Waals surface area contributed by atoms with Gasteiger partial charge < -0.3 is 10.0 Å². The van der Waals surface area contributed by atoms with Crippen LogP contribution in [0.1, 0.15) is 37.4 Å². The maximum absolute atomic E-state index is 12.1. The van der Waals surface area contributed by atoms with E-state index in [1.165, 1.54) is 4.90 Å². The molecule has 1 atom stereocenters. The van der Waals surface area contributed by atoms with Crippen molar-refractivity contribution in [2.45, 2.75) is 38.0 Å². The number of aliphatic hydroxyl groups is 1. The van der Waals surface area contributed by atoms with Gasteiger partial charge in [-0.2, -0.15) is 13.2 Å². The molecule has 1 N–H and O–H groups in total. The third kappa shape index (κ3) is 4.73. The maximum Gasteiger partial charge on any atom is 0.389 e. The normalized spacial score (nSPS) is 18.3. The first-order valence-corrected chi connectivity index (χ1v) is 7.44. The zero-order chi connectivity index (χ0) is 16.2. The van der Waals surface area contributed by atoms with Crippen molar-refractivity contribution in [3.05, 3.63) is 35.9 Å². The maximum atomic E-state index is 12.1. The molecule has 0 saturated carbocycles. The van der Waals surface area contributed by atoms with Crippen LogP contribution in [-0.2, 0) is 4.79 Å². The molecule has 1 aromatic carbocycles. The van der Waals surface area contributed by atoms with Crippen LogP contribution in [0.15, 0.2) is 30.3 Å². The van der Waals surface area contributed by atoms with E-state index in [0.717, 1.165) is 5.56 Å². The molecule has 6 heteroatoms. The topological polar surface area (TPSA) is 40.5 Å². The molecule has 0 spiro atoms. The van der Waals surface area contributed by atoms with E-state index in [0.29, 0.717) is 25.9 Å². The fourth-order valence-corrected chi connectivity index (χ4v) is 2.79. The molecule has 2 rings (SSSR count). The van der Waals surface area contributed by atoms with Crippen molar-refractivity contribution >= 4 is 5.91 Å². The molecule has 0 aromatic heterocycles. The van der Waals surface area contributed by atoms with Gasteiger partial charge in [-0.05, 0) is 24.3 Å². The minimum absolute atomic E-state index is 0.0362. The van der Waals surface area contributed by atoms with Gasteiger partial charge in [-0.3, -0.25) is 4.79 Å². The van der Waals surface area contributed by atoms with Crippen LogP contribution >= 0.6 is 0 Å². The molecule has 1 amide bonds. The van der Waals surface area contributed by atoms with E-state index in [4.69, 9.17) is 0 Å². The zero-order valence-electron chi connectivity index (χ0n) is 12.2. The first kappa shape index (κ1) is 16.8. The van der Waals surface area contributed by atoms with E-state index < -0.39 is 31.0 Å². The molecule has 1 aliphatic heterocycles. The van der Waals surface area contributed by atoms with Crippen molar-refractivity contribution < 1.29 is 23.1 Å². The third-order valence-electron chi connectivity index (χ3n) is 4.10. The van der Waals surface area contributed by atoms with Crippen molar-refractivity contribution in [3.63, 3.8) is 0 Å². The summed E-state index contributed by atoms with van der Waals surface area (Å²) in [6, 6.07) is 9.29. The number of carbonyl (C=O) groups is 1. The van der Waals surface area contributed by atoms with Gasteiger partial charge in [0, 0.05) is 19.5 Å². The minimum Gasteiger partial charge on any atom is -0.388 e. The molecule has 1 aliphatic rings. The van der Waals surface area contributed by atoms with Crippen molar-refractivity contribution in [1.29, 1.82) is 0 Å². The van der Waals surface area contributed by atoms with Crippen LogP contribution in [0.5, 0.6) is 0 Å². The Labute approximate surface area is 127 Å². The summed E-state index contributed by atoms with van der Waals surface area (Å²) in [5.41, 5.74) is 0.837. The highest BCUT2D eigenvalue weighted by molar-refractivity contribution is 5.76. The quantitative estimate of drug-likeness (QED) is 0.926. The first-order chi connectivity index (χ1) is 10.4. The van der Waals surface area contributed by atoms with E-state index in [2.05, 4.69) is 0 Å². The van der Waals surface area contributed by atoms with Gasteiger partial charge in [-0.15, -0.1) is 0 Å². The van der Waals surface area contributed by atoms with Crippen molar-refractivity contribution in [2.24, 2.45) is 5.92 Å². The zero-order valence-corrected chi connectivity index (χ0v) is 12.2. The molecule has 0 radical (unpaired) electrons. The number of alkyl halides is 3. The lowest BCUT2D eigenvalue weighted by Crippen LogP contribution is -2.40. The van der Waals surface area contributed by atoms with Crippen molar-refractivity contribution in [3.8, 4) is 0 Å². The summed E-state index contributed by atoms with van der Waals surface area (Å²) in [6.07, 6.45) is -5.24. The van der Waals surface area contributed by atoms with E-state index in [-0.39, 0.29) is 5.92 Å². The smallest absolute Gasteiger partial charge is 0.388 e. The van der Waals surface area contributed by atoms with Crippen LogP contribution in [-0.4, -0.2) is 35.2 Å². The van der Waals surface area contributed by atoms with Gasteiger partial charge in [0.25, 0.3) is 0 Å². The lowest BCUT2D eigenvalue weighted by Gasteiger charge is -2.34. The molecule has 1 aromatic rings. The second-order valence-corrected chi connectivity index (χ2v) is 5.69. The van der Waals surface area contributed by atoms with Crippen molar-refractivity contribution in [2.75, 3.05) is 13.1 Å². The van der Waals surface area contributed by atoms with Gasteiger partial charge in [0.2, 0.25) is 5.91 Å². The molecule has 0 aliphatic carbocycles. The van der Waals surface area contributed by atoms with E-state index in [1.54, 1.807) is 0 Å². The van der Waals surface area contributed by atoms with E-state index in [9.17, 15) is 23.1 Å². The predicted molar refractivity (Wildman–Crippen MR) is 76.0 cm³/mol. The molecular formula is C16H20F3NO2. The monoisotopic (exact) mass is 315 g/mol. The van der Waals surface area contributed by atoms with Gasteiger partial charge in [0.15, 0.2) is 0 Å². The number of aliphatic hydroxyl groups excluding tert-OH is 1. The lowest BCUT2D eigenvalue weighted by atomic mass is 9.87. The summed E-state index contributed by atoms with van der Waals surface area (Å²) in [7, 11) is 0. The Kier molecular flexibility index (Phi) is 5.45. The lowest BCUT2D eigenvalue weighted by molar-refractivity contribution is -0.150. The number of halogens is 3. The van der Waals surface area contributed by atoms with Gasteiger partial charge >= 0.3 is 6.18 Å². The average molecular weight is 315 g/mol. The number of benzene rings is 1. The van der Waals surface area contributed by atoms with Gasteiger partial charge in [0.1, 0.15) is 0 Å².